The van der Waals surface area contributed by atoms with Gasteiger partial charge >= 0.3 is 0 Å². The molecule has 2 rings (SSSR count). The Morgan fingerprint density at radius 1 is 1.40 bits per heavy atom. The molecular weight excluding hydrogens is 212 g/mol. The minimum absolute atomic E-state index is 0.256. The molecule has 0 saturated heterocycles. The van der Waals surface area contributed by atoms with Crippen LogP contribution in [0.4, 0.5) is 0 Å². The van der Waals surface area contributed by atoms with Gasteiger partial charge in [0.2, 0.25) is 5.91 Å². The number of alkyl halides is 1. The van der Waals surface area contributed by atoms with E-state index in [9.17, 15) is 4.79 Å². The van der Waals surface area contributed by atoms with Crippen molar-refractivity contribution in [3.05, 3.63) is 35.9 Å². The molecule has 0 radical (unpaired) electrons. The van der Waals surface area contributed by atoms with Gasteiger partial charge < -0.3 is 11.5 Å². The van der Waals surface area contributed by atoms with Crippen molar-refractivity contribution in [2.75, 3.05) is 6.54 Å². The maximum Gasteiger partial charge on any atom is 0.230 e. The van der Waals surface area contributed by atoms with Crippen molar-refractivity contribution in [2.24, 2.45) is 11.5 Å². The summed E-state index contributed by atoms with van der Waals surface area (Å²) in [4.78, 5) is 10.8. The first-order chi connectivity index (χ1) is 7.07. The number of benzene rings is 1. The Morgan fingerprint density at radius 3 is 2.40 bits per heavy atom. The van der Waals surface area contributed by atoms with Crippen LogP contribution in [-0.4, -0.2) is 17.3 Å². The van der Waals surface area contributed by atoms with E-state index < -0.39 is 16.2 Å². The molecule has 0 heterocycles. The van der Waals surface area contributed by atoms with Gasteiger partial charge in [-0.3, -0.25) is 4.79 Å². The third kappa shape index (κ3) is 1.27. The molecule has 2 atom stereocenters. The van der Waals surface area contributed by atoms with Gasteiger partial charge in [0.15, 0.2) is 0 Å². The molecule has 2 unspecified atom stereocenters. The second-order valence-corrected chi connectivity index (χ2v) is 4.71. The summed E-state index contributed by atoms with van der Waals surface area (Å²) in [7, 11) is 0. The summed E-state index contributed by atoms with van der Waals surface area (Å²) in [6.45, 7) is 0.256. The molecule has 4 heteroatoms. The number of amides is 1. The molecular formula is C11H13ClN2O. The van der Waals surface area contributed by atoms with E-state index in [1.54, 1.807) is 0 Å². The van der Waals surface area contributed by atoms with Crippen LogP contribution in [0.3, 0.4) is 0 Å². The van der Waals surface area contributed by atoms with E-state index in [4.69, 9.17) is 23.1 Å². The summed E-state index contributed by atoms with van der Waals surface area (Å²) in [5.41, 5.74) is 11.1. The van der Waals surface area contributed by atoms with Crippen LogP contribution in [0.5, 0.6) is 0 Å². The van der Waals surface area contributed by atoms with Crippen molar-refractivity contribution in [1.82, 2.24) is 0 Å². The highest BCUT2D eigenvalue weighted by Gasteiger charge is 2.70. The zero-order chi connectivity index (χ0) is 11.1. The molecule has 0 aliphatic heterocycles. The first-order valence-corrected chi connectivity index (χ1v) is 5.19. The topological polar surface area (TPSA) is 69.1 Å². The summed E-state index contributed by atoms with van der Waals surface area (Å²) in [5, 5.41) is 0. The van der Waals surface area contributed by atoms with E-state index in [0.29, 0.717) is 6.42 Å². The van der Waals surface area contributed by atoms with Gasteiger partial charge in [-0.25, -0.2) is 0 Å². The quantitative estimate of drug-likeness (QED) is 0.744. The Balaban J connectivity index is 2.45. The normalized spacial score (nSPS) is 33.7. The lowest BCUT2D eigenvalue weighted by Gasteiger charge is -2.17. The molecule has 1 aromatic carbocycles. The molecule has 3 nitrogen and oxygen atoms in total. The van der Waals surface area contributed by atoms with Crippen molar-refractivity contribution in [1.29, 1.82) is 0 Å². The number of carbonyl (C=O) groups is 1. The van der Waals surface area contributed by atoms with Crippen LogP contribution >= 0.6 is 11.6 Å². The van der Waals surface area contributed by atoms with Crippen LogP contribution in [0.15, 0.2) is 30.3 Å². The van der Waals surface area contributed by atoms with Crippen molar-refractivity contribution < 1.29 is 4.79 Å². The molecule has 1 saturated carbocycles. The zero-order valence-electron chi connectivity index (χ0n) is 8.24. The second-order valence-electron chi connectivity index (χ2n) is 3.98. The predicted molar refractivity (Wildman–Crippen MR) is 59.6 cm³/mol. The third-order valence-electron chi connectivity index (χ3n) is 3.20. The third-order valence-corrected chi connectivity index (χ3v) is 3.81. The number of hydrogen-bond acceptors (Lipinski definition) is 2. The fourth-order valence-corrected chi connectivity index (χ4v) is 2.56. The van der Waals surface area contributed by atoms with Gasteiger partial charge in [0, 0.05) is 6.54 Å². The molecule has 1 fully saturated rings. The fraction of sp³-hybridized carbons (Fsp3) is 0.364. The lowest BCUT2D eigenvalue weighted by Crippen LogP contribution is -2.38. The molecule has 4 N–H and O–H groups in total. The molecule has 1 amide bonds. The first-order valence-electron chi connectivity index (χ1n) is 4.81. The standard InChI is InChI=1S/C11H13ClN2O/c12-10(7-13)6-11(10,9(14)15)8-4-2-1-3-5-8/h1-5H,6-7,13H2,(H2,14,15). The van der Waals surface area contributed by atoms with Crippen LogP contribution in [0.25, 0.3) is 0 Å². The minimum Gasteiger partial charge on any atom is -0.369 e. The summed E-state index contributed by atoms with van der Waals surface area (Å²) in [6, 6.07) is 9.35. The lowest BCUT2D eigenvalue weighted by molar-refractivity contribution is -0.120. The highest BCUT2D eigenvalue weighted by atomic mass is 35.5. The van der Waals surface area contributed by atoms with Crippen LogP contribution in [-0.2, 0) is 10.2 Å². The fourth-order valence-electron chi connectivity index (χ4n) is 2.16. The molecule has 15 heavy (non-hydrogen) atoms. The van der Waals surface area contributed by atoms with Crippen molar-refractivity contribution in [3.8, 4) is 0 Å². The Bertz CT molecular complexity index is 395. The van der Waals surface area contributed by atoms with E-state index in [0.717, 1.165) is 5.56 Å². The highest BCUT2D eigenvalue weighted by molar-refractivity contribution is 6.31. The molecule has 0 bridgehead atoms. The Morgan fingerprint density at radius 2 is 2.00 bits per heavy atom. The second kappa shape index (κ2) is 3.22. The molecule has 80 valence electrons. The maximum atomic E-state index is 11.5. The smallest absolute Gasteiger partial charge is 0.230 e. The van der Waals surface area contributed by atoms with Gasteiger partial charge in [-0.1, -0.05) is 30.3 Å². The number of halogens is 1. The summed E-state index contributed by atoms with van der Waals surface area (Å²) in [5.74, 6) is -0.394. The van der Waals surface area contributed by atoms with Gasteiger partial charge in [0.05, 0.1) is 10.3 Å². The Kier molecular flexibility index (Phi) is 2.24. The van der Waals surface area contributed by atoms with Crippen molar-refractivity contribution >= 4 is 17.5 Å². The first kappa shape index (κ1) is 10.5. The number of rotatable bonds is 3. The summed E-state index contributed by atoms with van der Waals surface area (Å²) in [6.07, 6.45) is 0.525. The zero-order valence-corrected chi connectivity index (χ0v) is 9.00. The highest BCUT2D eigenvalue weighted by Crippen LogP contribution is 2.61. The van der Waals surface area contributed by atoms with Gasteiger partial charge in [0.25, 0.3) is 0 Å². The van der Waals surface area contributed by atoms with E-state index in [1.165, 1.54) is 0 Å². The maximum absolute atomic E-state index is 11.5. The van der Waals surface area contributed by atoms with Gasteiger partial charge in [-0.2, -0.15) is 0 Å². The average molecular weight is 225 g/mol. The molecule has 1 aliphatic carbocycles. The number of carbonyl (C=O) groups excluding carboxylic acids is 1. The van der Waals surface area contributed by atoms with Crippen LogP contribution < -0.4 is 11.5 Å². The van der Waals surface area contributed by atoms with Crippen LogP contribution in [0, 0.1) is 0 Å². The molecule has 1 aliphatic rings. The number of primary amides is 1. The number of nitrogens with two attached hydrogens (primary N) is 2. The van der Waals surface area contributed by atoms with Gasteiger partial charge in [-0.05, 0) is 12.0 Å². The summed E-state index contributed by atoms with van der Waals surface area (Å²) < 4.78 is 0. The minimum atomic E-state index is -0.773. The lowest BCUT2D eigenvalue weighted by atomic mass is 9.92. The molecule has 0 aromatic heterocycles. The van der Waals surface area contributed by atoms with Crippen molar-refractivity contribution in [3.63, 3.8) is 0 Å². The Hall–Kier alpha value is -1.06. The SMILES string of the molecule is NCC1(Cl)CC1(C(N)=O)c1ccccc1. The van der Waals surface area contributed by atoms with Crippen LogP contribution in [0.2, 0.25) is 0 Å². The predicted octanol–water partition coefficient (Wildman–Crippen LogP) is 0.750. The van der Waals surface area contributed by atoms with Crippen molar-refractivity contribution in [2.45, 2.75) is 16.7 Å². The van der Waals surface area contributed by atoms with E-state index >= 15 is 0 Å². The van der Waals surface area contributed by atoms with E-state index in [1.807, 2.05) is 30.3 Å². The van der Waals surface area contributed by atoms with E-state index in [2.05, 4.69) is 0 Å². The number of hydrogen-bond donors (Lipinski definition) is 2. The molecule has 1 aromatic rings. The van der Waals surface area contributed by atoms with Crippen LogP contribution in [0.1, 0.15) is 12.0 Å². The van der Waals surface area contributed by atoms with E-state index in [-0.39, 0.29) is 6.54 Å². The average Bonchev–Trinajstić information content (AvgIpc) is 2.89. The van der Waals surface area contributed by atoms with Gasteiger partial charge in [-0.15, -0.1) is 11.6 Å². The summed E-state index contributed by atoms with van der Waals surface area (Å²) >= 11 is 6.26. The monoisotopic (exact) mass is 224 g/mol. The Labute approximate surface area is 93.4 Å². The largest absolute Gasteiger partial charge is 0.369 e. The van der Waals surface area contributed by atoms with Gasteiger partial charge in [0.1, 0.15) is 0 Å². The molecule has 0 spiro atoms.